The van der Waals surface area contributed by atoms with E-state index in [0.717, 1.165) is 83.5 Å². The van der Waals surface area contributed by atoms with Crippen molar-refractivity contribution in [1.82, 2.24) is 49.5 Å². The number of hydrogen-bond donors (Lipinski definition) is 3. The van der Waals surface area contributed by atoms with Crippen LogP contribution in [0.25, 0.3) is 55.4 Å². The van der Waals surface area contributed by atoms with Crippen LogP contribution >= 0.6 is 22.9 Å². The van der Waals surface area contributed by atoms with Gasteiger partial charge in [0.05, 0.1) is 79.0 Å². The number of halogens is 1. The van der Waals surface area contributed by atoms with E-state index in [1.165, 1.54) is 4.88 Å². The van der Waals surface area contributed by atoms with Gasteiger partial charge in [-0.05, 0) is 99.0 Å². The van der Waals surface area contributed by atoms with Crippen LogP contribution < -0.4 is 16.0 Å². The normalized spacial score (nSPS) is 14.0. The lowest BCUT2D eigenvalue weighted by Gasteiger charge is -2.19. The lowest BCUT2D eigenvalue weighted by Crippen LogP contribution is -2.29. The van der Waals surface area contributed by atoms with Crippen LogP contribution in [-0.2, 0) is 32.5 Å². The van der Waals surface area contributed by atoms with E-state index in [2.05, 4.69) is 55.6 Å². The topological polar surface area (TPSA) is 197 Å². The second-order valence-electron chi connectivity index (χ2n) is 18.3. The summed E-state index contributed by atoms with van der Waals surface area (Å²) in [7, 11) is 1.94. The number of fused-ring (bicyclic) bond motifs is 6. The maximum absolute atomic E-state index is 13.6. The predicted octanol–water partition coefficient (Wildman–Crippen LogP) is 8.61. The van der Waals surface area contributed by atoms with Gasteiger partial charge in [0.25, 0.3) is 5.91 Å². The quantitative estimate of drug-likeness (QED) is 0.0788. The van der Waals surface area contributed by atoms with Gasteiger partial charge >= 0.3 is 0 Å². The number of aryl methyl sites for hydroxylation is 4. The fraction of sp³-hybridized carbons (Fsp3) is 0.255. The molecule has 0 spiro atoms. The first-order valence-corrected chi connectivity index (χ1v) is 25.6. The number of pyridine rings is 1. The number of anilines is 1. The van der Waals surface area contributed by atoms with Crippen molar-refractivity contribution in [3.8, 4) is 33.5 Å². The number of ether oxygens (including phenoxy) is 2. The Balaban J connectivity index is 0.707. The number of para-hydroxylation sites is 1. The molecule has 0 bridgehead atoms. The molecule has 3 amide bonds. The molecule has 0 unspecified atom stereocenters. The van der Waals surface area contributed by atoms with Gasteiger partial charge in [0.2, 0.25) is 11.8 Å². The zero-order valence-corrected chi connectivity index (χ0v) is 42.7. The molecule has 0 saturated carbocycles. The number of nitrogens with zero attached hydrogens (tertiary/aromatic N) is 9. The van der Waals surface area contributed by atoms with E-state index >= 15 is 0 Å². The molecule has 5 aromatic heterocycles. The number of nitrogens with one attached hydrogen (secondary N) is 3. The molecular weight excluding hydrogens is 976 g/mol. The van der Waals surface area contributed by atoms with Gasteiger partial charge < -0.3 is 30.0 Å². The van der Waals surface area contributed by atoms with E-state index in [9.17, 15) is 14.4 Å². The summed E-state index contributed by atoms with van der Waals surface area (Å²) in [5.41, 5.74) is 11.7. The van der Waals surface area contributed by atoms with E-state index in [4.69, 9.17) is 36.0 Å². The largest absolute Gasteiger partial charge is 0.377 e. The van der Waals surface area contributed by atoms with Gasteiger partial charge in [-0.3, -0.25) is 28.5 Å². The summed E-state index contributed by atoms with van der Waals surface area (Å²) in [5, 5.41) is 20.3. The van der Waals surface area contributed by atoms with E-state index in [1.807, 2.05) is 95.9 Å². The molecular formula is C55H51ClN12O5S. The lowest BCUT2D eigenvalue weighted by molar-refractivity contribution is -0.121. The molecule has 9 aromatic rings. The first-order valence-electron chi connectivity index (χ1n) is 24.4. The Morgan fingerprint density at radius 1 is 0.851 bits per heavy atom. The van der Waals surface area contributed by atoms with Gasteiger partial charge in [-0.1, -0.05) is 41.9 Å². The molecule has 0 saturated heterocycles. The van der Waals surface area contributed by atoms with E-state index < -0.39 is 6.04 Å². The monoisotopic (exact) mass is 1030 g/mol. The predicted molar refractivity (Wildman–Crippen MR) is 286 cm³/mol. The number of amides is 3. The molecule has 0 aliphatic carbocycles. The molecule has 1 atom stereocenters. The third-order valence-electron chi connectivity index (χ3n) is 13.4. The van der Waals surface area contributed by atoms with Crippen LogP contribution in [0.15, 0.2) is 109 Å². The Kier molecular flexibility index (Phi) is 13.4. The molecule has 4 aromatic carbocycles. The minimum absolute atomic E-state index is 0.000939. The molecule has 11 rings (SSSR count). The molecule has 3 N–H and O–H groups in total. The zero-order chi connectivity index (χ0) is 51.0. The fourth-order valence-corrected chi connectivity index (χ4v) is 10.9. The van der Waals surface area contributed by atoms with Crippen LogP contribution in [0.2, 0.25) is 5.02 Å². The van der Waals surface area contributed by atoms with Crippen molar-refractivity contribution in [2.75, 3.05) is 44.8 Å². The highest BCUT2D eigenvalue weighted by Crippen LogP contribution is 2.41. The molecule has 7 heterocycles. The van der Waals surface area contributed by atoms with Gasteiger partial charge in [0.1, 0.15) is 22.7 Å². The molecule has 0 fully saturated rings. The third kappa shape index (κ3) is 9.48. The summed E-state index contributed by atoms with van der Waals surface area (Å²) in [6.45, 7) is 7.85. The number of carbonyl (C=O) groups is 3. The highest BCUT2D eigenvalue weighted by Gasteiger charge is 2.33. The van der Waals surface area contributed by atoms with Crippen molar-refractivity contribution in [3.63, 3.8) is 0 Å². The van der Waals surface area contributed by atoms with Crippen LogP contribution in [0.5, 0.6) is 0 Å². The van der Waals surface area contributed by atoms with Crippen molar-refractivity contribution < 1.29 is 23.9 Å². The third-order valence-corrected chi connectivity index (χ3v) is 14.8. The van der Waals surface area contributed by atoms with E-state index in [1.54, 1.807) is 36.0 Å². The number of thiophene rings is 1. The smallest absolute Gasteiger partial charge is 0.251 e. The number of benzene rings is 4. The molecule has 374 valence electrons. The van der Waals surface area contributed by atoms with Crippen LogP contribution in [-0.4, -0.2) is 102 Å². The Hall–Kier alpha value is -7.90. The second kappa shape index (κ2) is 20.5. The first kappa shape index (κ1) is 48.4. The number of imidazole rings is 2. The van der Waals surface area contributed by atoms with Gasteiger partial charge in [0.15, 0.2) is 5.82 Å². The molecule has 2 aliphatic rings. The maximum Gasteiger partial charge on any atom is 0.251 e. The standard InChI is InChI=1S/C55H51ClN12O5S/c1-31-32(2)74-55-50(31)51(34-9-13-37(56)14-10-34)62-45(53-65-64-33(3)67(53)55)28-49(70)58-19-21-72-23-24-73-22-20-59-54(71)36-11-17-46-43(26-36)63-52(68(46)38-15-16-41-35(25-38)12-18-48(69)61-41)40-27-44(47-29-57-30-66(47)4)60-42-8-6-5-7-39(40)42/h5-11,13-17,25-27,29-30,45H,12,18-24,28H2,1-4H3,(H,58,70)(H,59,71)(H,61,69)/t45-/m0/s1. The van der Waals surface area contributed by atoms with E-state index in [-0.39, 0.29) is 43.9 Å². The molecule has 19 heteroatoms. The average Bonchev–Trinajstić information content (AvgIpc) is 4.17. The van der Waals surface area contributed by atoms with Crippen molar-refractivity contribution in [1.29, 1.82) is 0 Å². The minimum Gasteiger partial charge on any atom is -0.377 e. The zero-order valence-electron chi connectivity index (χ0n) is 41.1. The van der Waals surface area contributed by atoms with E-state index in [0.29, 0.717) is 60.4 Å². The molecule has 74 heavy (non-hydrogen) atoms. The van der Waals surface area contributed by atoms with Gasteiger partial charge in [0, 0.05) is 75.5 Å². The Morgan fingerprint density at radius 2 is 1.65 bits per heavy atom. The SMILES string of the molecule is Cc1sc2c(c1C)C(c1ccc(Cl)cc1)=N[C@@H](CC(=O)NCCOCCOCCNC(=O)c1ccc3c(c1)nc(-c1cc(-c4cncn4C)nc4ccccc14)n3-c1ccc3c(c1)CCC(=O)N3)c1nnc(C)n1-2. The van der Waals surface area contributed by atoms with Gasteiger partial charge in [-0.2, -0.15) is 0 Å². The highest BCUT2D eigenvalue weighted by atomic mass is 35.5. The van der Waals surface area contributed by atoms with Crippen molar-refractivity contribution in [2.24, 2.45) is 12.0 Å². The minimum atomic E-state index is -0.574. The lowest BCUT2D eigenvalue weighted by atomic mass is 9.99. The summed E-state index contributed by atoms with van der Waals surface area (Å²) in [4.78, 5) is 60.1. The van der Waals surface area contributed by atoms with Crippen molar-refractivity contribution in [3.05, 3.63) is 153 Å². The highest BCUT2D eigenvalue weighted by molar-refractivity contribution is 7.15. The summed E-state index contributed by atoms with van der Waals surface area (Å²) in [6, 6.07) is 28.6. The number of aromatic nitrogens is 8. The number of hydrogen-bond acceptors (Lipinski definition) is 12. The Labute approximate surface area is 434 Å². The number of rotatable bonds is 16. The Bertz CT molecular complexity index is 3690. The second-order valence-corrected chi connectivity index (χ2v) is 19.9. The first-order chi connectivity index (χ1) is 36.0. The molecule has 2 aliphatic heterocycles. The van der Waals surface area contributed by atoms with Crippen LogP contribution in [0, 0.1) is 20.8 Å². The summed E-state index contributed by atoms with van der Waals surface area (Å²) in [5.74, 6) is 1.57. The van der Waals surface area contributed by atoms with Gasteiger partial charge in [-0.25, -0.2) is 15.0 Å². The maximum atomic E-state index is 13.6. The summed E-state index contributed by atoms with van der Waals surface area (Å²) < 4.78 is 17.6. The van der Waals surface area contributed by atoms with Crippen LogP contribution in [0.4, 0.5) is 5.69 Å². The summed E-state index contributed by atoms with van der Waals surface area (Å²) in [6.07, 6.45) is 4.65. The van der Waals surface area contributed by atoms with Crippen LogP contribution in [0.1, 0.15) is 68.0 Å². The molecule has 17 nitrogen and oxygen atoms in total. The Morgan fingerprint density at radius 3 is 2.45 bits per heavy atom. The van der Waals surface area contributed by atoms with Crippen LogP contribution in [0.3, 0.4) is 0 Å². The van der Waals surface area contributed by atoms with Crippen molar-refractivity contribution in [2.45, 2.75) is 46.1 Å². The number of aliphatic imine (C=N–C) groups is 1. The average molecular weight is 1030 g/mol. The van der Waals surface area contributed by atoms with Gasteiger partial charge in [-0.15, -0.1) is 21.5 Å². The number of carbonyl (C=O) groups excluding carboxylic acids is 3. The van der Waals surface area contributed by atoms with Crippen molar-refractivity contribution >= 4 is 74.0 Å². The molecule has 0 radical (unpaired) electrons. The fourth-order valence-electron chi connectivity index (χ4n) is 9.57. The summed E-state index contributed by atoms with van der Waals surface area (Å²) >= 11 is 7.92.